The van der Waals surface area contributed by atoms with Crippen molar-refractivity contribution >= 4 is 11.9 Å². The molecule has 0 aliphatic heterocycles. The fraction of sp³-hybridized carbons (Fsp3) is 0.912. The van der Waals surface area contributed by atoms with Gasteiger partial charge in [-0.2, -0.15) is 0 Å². The van der Waals surface area contributed by atoms with Crippen LogP contribution in [0, 0.1) is 0 Å². The van der Waals surface area contributed by atoms with Gasteiger partial charge in [-0.3, -0.25) is 9.59 Å². The first-order valence-corrected chi connectivity index (χ1v) is 33.6. The molecule has 0 saturated carbocycles. The van der Waals surface area contributed by atoms with Crippen LogP contribution in [0.2, 0.25) is 0 Å². The van der Waals surface area contributed by atoms with Crippen LogP contribution >= 0.6 is 0 Å². The van der Waals surface area contributed by atoms with E-state index in [0.29, 0.717) is 25.9 Å². The van der Waals surface area contributed by atoms with E-state index >= 15 is 0 Å². The Kier molecular flexibility index (Phi) is 62.4. The largest absolute Gasteiger partial charge is 0.466 e. The Balaban J connectivity index is 3.41. The van der Waals surface area contributed by atoms with Gasteiger partial charge < -0.3 is 20.3 Å². The Morgan fingerprint density at radius 3 is 1.05 bits per heavy atom. The topological polar surface area (TPSA) is 95.9 Å². The fourth-order valence-corrected chi connectivity index (χ4v) is 10.6. The minimum absolute atomic E-state index is 0.00564. The Morgan fingerprint density at radius 1 is 0.378 bits per heavy atom. The van der Waals surface area contributed by atoms with Crippen LogP contribution in [0.15, 0.2) is 24.3 Å². The minimum atomic E-state index is -0.669. The van der Waals surface area contributed by atoms with Gasteiger partial charge in [-0.05, 0) is 57.8 Å². The highest BCUT2D eigenvalue weighted by molar-refractivity contribution is 5.76. The molecular weight excluding hydrogens is 911 g/mol. The van der Waals surface area contributed by atoms with E-state index in [1.165, 1.54) is 289 Å². The number of aliphatic hydroxyl groups is 2. The van der Waals surface area contributed by atoms with E-state index in [1.54, 1.807) is 0 Å². The molecule has 1 amide bonds. The highest BCUT2D eigenvalue weighted by Crippen LogP contribution is 2.19. The molecule has 0 aromatic heterocycles. The van der Waals surface area contributed by atoms with Crippen molar-refractivity contribution in [3.8, 4) is 0 Å². The number of nitrogens with one attached hydrogen (secondary N) is 1. The lowest BCUT2D eigenvalue weighted by molar-refractivity contribution is -0.143. The van der Waals surface area contributed by atoms with Crippen molar-refractivity contribution in [1.82, 2.24) is 5.32 Å². The molecule has 0 heterocycles. The number of amides is 1. The van der Waals surface area contributed by atoms with Crippen LogP contribution in [-0.4, -0.2) is 47.4 Å². The number of hydrogen-bond acceptors (Lipinski definition) is 5. The maximum absolute atomic E-state index is 12.5. The predicted octanol–water partition coefficient (Wildman–Crippen LogP) is 21.4. The summed E-state index contributed by atoms with van der Waals surface area (Å²) in [6, 6.07) is -0.546. The molecule has 74 heavy (non-hydrogen) atoms. The first kappa shape index (κ1) is 72.3. The Hall–Kier alpha value is -1.66. The van der Waals surface area contributed by atoms with Crippen LogP contribution in [0.3, 0.4) is 0 Å². The first-order chi connectivity index (χ1) is 36.5. The van der Waals surface area contributed by atoms with Crippen LogP contribution in [0.5, 0.6) is 0 Å². The standard InChI is InChI=1S/C68H131NO5/c1-3-5-7-9-11-13-15-17-19-20-21-22-23-24-25-26-29-33-36-40-44-48-52-56-60-66(71)65(64-70)69-67(72)61-57-53-49-45-41-37-34-30-27-28-31-35-39-43-47-51-55-59-63-74-68(73)62-58-54-50-46-42-38-32-18-16-14-12-10-8-6-4-2/h12,14,18,32,65-66,70-71H,3-11,13,15-17,19-31,33-64H2,1-2H3,(H,69,72)/b14-12-,32-18-. The third-order valence-electron chi connectivity index (χ3n) is 15.8. The summed E-state index contributed by atoms with van der Waals surface area (Å²) in [6.45, 7) is 4.94. The second-order valence-corrected chi connectivity index (χ2v) is 23.2. The van der Waals surface area contributed by atoms with Gasteiger partial charge in [0.2, 0.25) is 5.91 Å². The molecule has 2 atom stereocenters. The minimum Gasteiger partial charge on any atom is -0.466 e. The lowest BCUT2D eigenvalue weighted by Crippen LogP contribution is -2.45. The monoisotopic (exact) mass is 1040 g/mol. The number of hydrogen-bond donors (Lipinski definition) is 3. The lowest BCUT2D eigenvalue weighted by Gasteiger charge is -2.22. The zero-order valence-electron chi connectivity index (χ0n) is 50.1. The molecule has 0 spiro atoms. The molecule has 6 heteroatoms. The normalized spacial score (nSPS) is 12.6. The van der Waals surface area contributed by atoms with Gasteiger partial charge in [-0.25, -0.2) is 0 Å². The molecule has 0 radical (unpaired) electrons. The van der Waals surface area contributed by atoms with Gasteiger partial charge in [0.15, 0.2) is 0 Å². The SMILES string of the molecule is CCCCC/C=C\C/C=C\CCCCCCCC(=O)OCCCCCCCCCCCCCCCCCCCCC(=O)NC(CO)C(O)CCCCCCCCCCCCCCCCCCCCCCCCCC. The van der Waals surface area contributed by atoms with Gasteiger partial charge >= 0.3 is 5.97 Å². The van der Waals surface area contributed by atoms with E-state index in [4.69, 9.17) is 4.74 Å². The number of ether oxygens (including phenoxy) is 1. The second kappa shape index (κ2) is 63.9. The summed E-state index contributed by atoms with van der Waals surface area (Å²) in [6.07, 6.45) is 79.1. The Labute approximate surface area is 462 Å². The van der Waals surface area contributed by atoms with E-state index in [-0.39, 0.29) is 18.5 Å². The highest BCUT2D eigenvalue weighted by atomic mass is 16.5. The van der Waals surface area contributed by atoms with Gasteiger partial charge in [0, 0.05) is 12.8 Å². The van der Waals surface area contributed by atoms with Crippen LogP contribution in [0.25, 0.3) is 0 Å². The van der Waals surface area contributed by atoms with Gasteiger partial charge in [-0.1, -0.05) is 327 Å². The first-order valence-electron chi connectivity index (χ1n) is 33.6. The molecular formula is C68H131NO5. The van der Waals surface area contributed by atoms with E-state index < -0.39 is 12.1 Å². The van der Waals surface area contributed by atoms with Crippen molar-refractivity contribution in [1.29, 1.82) is 0 Å². The van der Waals surface area contributed by atoms with E-state index in [1.807, 2.05) is 0 Å². The Morgan fingerprint density at radius 2 is 0.676 bits per heavy atom. The van der Waals surface area contributed by atoms with Crippen LogP contribution in [0.4, 0.5) is 0 Å². The van der Waals surface area contributed by atoms with Gasteiger partial charge in [0.05, 0.1) is 25.4 Å². The molecule has 0 aromatic rings. The lowest BCUT2D eigenvalue weighted by atomic mass is 10.0. The molecule has 0 aliphatic rings. The number of carbonyl (C=O) groups is 2. The molecule has 0 saturated heterocycles. The molecule has 0 aliphatic carbocycles. The summed E-state index contributed by atoms with van der Waals surface area (Å²) in [4.78, 5) is 24.6. The van der Waals surface area contributed by atoms with Crippen molar-refractivity contribution in [2.24, 2.45) is 0 Å². The summed E-state index contributed by atoms with van der Waals surface area (Å²) in [7, 11) is 0. The third-order valence-corrected chi connectivity index (χ3v) is 15.8. The summed E-state index contributed by atoms with van der Waals surface area (Å²) in [5.41, 5.74) is 0. The quantitative estimate of drug-likeness (QED) is 0.0320. The molecule has 3 N–H and O–H groups in total. The van der Waals surface area contributed by atoms with Crippen LogP contribution < -0.4 is 5.32 Å². The van der Waals surface area contributed by atoms with E-state index in [2.05, 4.69) is 43.5 Å². The number of rotatable bonds is 63. The van der Waals surface area contributed by atoms with Crippen molar-refractivity contribution in [2.75, 3.05) is 13.2 Å². The fourth-order valence-electron chi connectivity index (χ4n) is 10.6. The van der Waals surface area contributed by atoms with Crippen LogP contribution in [-0.2, 0) is 14.3 Å². The third kappa shape index (κ3) is 59.6. The number of esters is 1. The average Bonchev–Trinajstić information content (AvgIpc) is 3.40. The zero-order chi connectivity index (χ0) is 53.6. The number of aliphatic hydroxyl groups excluding tert-OH is 2. The van der Waals surface area contributed by atoms with Crippen molar-refractivity contribution in [2.45, 2.75) is 386 Å². The van der Waals surface area contributed by atoms with Crippen LogP contribution in [0.1, 0.15) is 373 Å². The molecule has 0 rings (SSSR count). The summed E-state index contributed by atoms with van der Waals surface area (Å²) in [5.74, 6) is -0.0406. The van der Waals surface area contributed by atoms with E-state index in [9.17, 15) is 19.8 Å². The summed E-state index contributed by atoms with van der Waals surface area (Å²) >= 11 is 0. The number of allylic oxidation sites excluding steroid dienone is 4. The smallest absolute Gasteiger partial charge is 0.305 e. The van der Waals surface area contributed by atoms with Crippen molar-refractivity contribution in [3.05, 3.63) is 24.3 Å². The predicted molar refractivity (Wildman–Crippen MR) is 324 cm³/mol. The molecule has 6 nitrogen and oxygen atoms in total. The average molecular weight is 1040 g/mol. The molecule has 438 valence electrons. The molecule has 0 aromatic carbocycles. The van der Waals surface area contributed by atoms with Crippen molar-refractivity contribution < 1.29 is 24.5 Å². The summed E-state index contributed by atoms with van der Waals surface area (Å²) < 4.78 is 5.48. The molecule has 0 bridgehead atoms. The maximum atomic E-state index is 12.5. The molecule has 0 fully saturated rings. The zero-order valence-corrected chi connectivity index (χ0v) is 50.1. The number of unbranched alkanes of at least 4 members (excludes halogenated alkanes) is 48. The van der Waals surface area contributed by atoms with Gasteiger partial charge in [0.1, 0.15) is 0 Å². The Bertz CT molecular complexity index is 1150. The molecule has 2 unspecified atom stereocenters. The highest BCUT2D eigenvalue weighted by Gasteiger charge is 2.20. The second-order valence-electron chi connectivity index (χ2n) is 23.2. The maximum Gasteiger partial charge on any atom is 0.305 e. The van der Waals surface area contributed by atoms with Gasteiger partial charge in [-0.15, -0.1) is 0 Å². The van der Waals surface area contributed by atoms with Gasteiger partial charge in [0.25, 0.3) is 0 Å². The van der Waals surface area contributed by atoms with E-state index in [0.717, 1.165) is 51.4 Å². The summed E-state index contributed by atoms with van der Waals surface area (Å²) in [5, 5.41) is 23.4. The van der Waals surface area contributed by atoms with Crippen molar-refractivity contribution in [3.63, 3.8) is 0 Å². The number of carbonyl (C=O) groups excluding carboxylic acids is 2.